The van der Waals surface area contributed by atoms with Gasteiger partial charge in [-0.2, -0.15) is 5.10 Å². The maximum absolute atomic E-state index is 9.31. The summed E-state index contributed by atoms with van der Waals surface area (Å²) in [6.45, 7) is 4.18. The van der Waals surface area contributed by atoms with Gasteiger partial charge in [0, 0.05) is 11.6 Å². The minimum Gasteiger partial charge on any atom is -0.395 e. The van der Waals surface area contributed by atoms with E-state index in [9.17, 15) is 5.11 Å². The van der Waals surface area contributed by atoms with Gasteiger partial charge in [-0.25, -0.2) is 4.68 Å². The quantitative estimate of drug-likeness (QED) is 0.945. The molecule has 4 heteroatoms. The molecule has 2 aromatic rings. The molecule has 1 N–H and O–H groups in total. The lowest BCUT2D eigenvalue weighted by Gasteiger charge is -2.22. The molecule has 0 bridgehead atoms. The third-order valence-corrected chi connectivity index (χ3v) is 3.27. The first-order chi connectivity index (χ1) is 8.03. The van der Waals surface area contributed by atoms with Crippen molar-refractivity contribution in [3.8, 4) is 5.69 Å². The van der Waals surface area contributed by atoms with Crippen LogP contribution in [0.4, 0.5) is 0 Å². The summed E-state index contributed by atoms with van der Waals surface area (Å²) in [4.78, 5) is 0. The zero-order chi connectivity index (χ0) is 12.5. The predicted octanol–water partition coefficient (Wildman–Crippen LogP) is 2.90. The molecule has 0 atom stereocenters. The summed E-state index contributed by atoms with van der Waals surface area (Å²) >= 11 is 3.37. The van der Waals surface area contributed by atoms with E-state index in [-0.39, 0.29) is 12.0 Å². The van der Waals surface area contributed by atoms with Gasteiger partial charge in [-0.1, -0.05) is 26.0 Å². The Morgan fingerprint density at radius 2 is 1.94 bits per heavy atom. The van der Waals surface area contributed by atoms with E-state index in [4.69, 9.17) is 0 Å². The van der Waals surface area contributed by atoms with E-state index in [1.807, 2.05) is 44.3 Å². The highest BCUT2D eigenvalue weighted by Gasteiger charge is 2.18. The summed E-state index contributed by atoms with van der Waals surface area (Å²) in [5.74, 6) is 0. The van der Waals surface area contributed by atoms with Crippen LogP contribution in [0.3, 0.4) is 0 Å². The van der Waals surface area contributed by atoms with E-state index in [2.05, 4.69) is 21.0 Å². The van der Waals surface area contributed by atoms with Crippen molar-refractivity contribution >= 4 is 15.9 Å². The van der Waals surface area contributed by atoms with Gasteiger partial charge in [0.05, 0.1) is 23.0 Å². The Hall–Kier alpha value is -1.13. The highest BCUT2D eigenvalue weighted by Crippen LogP contribution is 2.23. The van der Waals surface area contributed by atoms with Gasteiger partial charge in [0.15, 0.2) is 0 Å². The molecular weight excluding hydrogens is 280 g/mol. The molecule has 0 spiro atoms. The van der Waals surface area contributed by atoms with Crippen LogP contribution in [0.2, 0.25) is 0 Å². The summed E-state index contributed by atoms with van der Waals surface area (Å²) in [7, 11) is 0. The Bertz CT molecular complexity index is 502. The van der Waals surface area contributed by atoms with Crippen molar-refractivity contribution in [3.05, 3.63) is 46.7 Å². The smallest absolute Gasteiger partial charge is 0.0646 e. The Balaban J connectivity index is 2.30. The van der Waals surface area contributed by atoms with Crippen molar-refractivity contribution in [1.29, 1.82) is 0 Å². The number of nitrogens with zero attached hydrogens (tertiary/aromatic N) is 2. The number of hydrogen-bond acceptors (Lipinski definition) is 2. The number of halogens is 1. The lowest BCUT2D eigenvalue weighted by molar-refractivity contribution is 0.218. The number of aliphatic hydroxyl groups is 1. The Kier molecular flexibility index (Phi) is 3.35. The van der Waals surface area contributed by atoms with E-state index >= 15 is 0 Å². The summed E-state index contributed by atoms with van der Waals surface area (Å²) in [6.07, 6.45) is 3.66. The van der Waals surface area contributed by atoms with Crippen molar-refractivity contribution in [2.75, 3.05) is 6.61 Å². The van der Waals surface area contributed by atoms with Crippen molar-refractivity contribution in [1.82, 2.24) is 9.78 Å². The zero-order valence-electron chi connectivity index (χ0n) is 9.89. The number of benzene rings is 1. The average molecular weight is 295 g/mol. The van der Waals surface area contributed by atoms with Crippen molar-refractivity contribution in [2.45, 2.75) is 19.3 Å². The molecule has 1 heterocycles. The maximum Gasteiger partial charge on any atom is 0.0646 e. The first-order valence-electron chi connectivity index (χ1n) is 5.45. The van der Waals surface area contributed by atoms with Crippen LogP contribution < -0.4 is 0 Å². The van der Waals surface area contributed by atoms with Crippen molar-refractivity contribution in [2.24, 2.45) is 0 Å². The van der Waals surface area contributed by atoms with Crippen LogP contribution in [0, 0.1) is 0 Å². The van der Waals surface area contributed by atoms with Crippen LogP contribution in [0.5, 0.6) is 0 Å². The third kappa shape index (κ3) is 2.58. The Morgan fingerprint density at radius 1 is 1.29 bits per heavy atom. The second kappa shape index (κ2) is 4.63. The second-order valence-electron chi connectivity index (χ2n) is 4.69. The van der Waals surface area contributed by atoms with E-state index in [1.54, 1.807) is 10.9 Å². The highest BCUT2D eigenvalue weighted by molar-refractivity contribution is 9.10. The molecule has 0 amide bonds. The summed E-state index contributed by atoms with van der Waals surface area (Å²) in [6, 6.07) is 8.07. The van der Waals surface area contributed by atoms with E-state index in [1.165, 1.54) is 0 Å². The molecule has 0 saturated heterocycles. The summed E-state index contributed by atoms with van der Waals surface area (Å²) in [5, 5.41) is 13.5. The fourth-order valence-electron chi connectivity index (χ4n) is 1.60. The van der Waals surface area contributed by atoms with Crippen LogP contribution in [-0.2, 0) is 5.41 Å². The van der Waals surface area contributed by atoms with Gasteiger partial charge in [-0.05, 0) is 33.6 Å². The first-order valence-corrected chi connectivity index (χ1v) is 6.24. The van der Waals surface area contributed by atoms with Gasteiger partial charge >= 0.3 is 0 Å². The Morgan fingerprint density at radius 3 is 2.41 bits per heavy atom. The standard InChI is InChI=1S/C13H15BrN2O/c1-13(2,9-17)10-3-5-12(6-4-10)16-8-11(14)7-15-16/h3-8,17H,9H2,1-2H3. The SMILES string of the molecule is CC(C)(CO)c1ccc(-n2cc(Br)cn2)cc1. The average Bonchev–Trinajstić information content (AvgIpc) is 2.76. The van der Waals surface area contributed by atoms with E-state index < -0.39 is 0 Å². The molecule has 17 heavy (non-hydrogen) atoms. The van der Waals surface area contributed by atoms with Gasteiger partial charge in [-0.3, -0.25) is 0 Å². The van der Waals surface area contributed by atoms with Gasteiger partial charge in [0.2, 0.25) is 0 Å². The number of aliphatic hydroxyl groups excluding tert-OH is 1. The molecule has 90 valence electrons. The molecule has 2 rings (SSSR count). The number of rotatable bonds is 3. The van der Waals surface area contributed by atoms with Crippen LogP contribution in [0.25, 0.3) is 5.69 Å². The topological polar surface area (TPSA) is 38.0 Å². The zero-order valence-corrected chi connectivity index (χ0v) is 11.5. The van der Waals surface area contributed by atoms with Crippen LogP contribution >= 0.6 is 15.9 Å². The molecule has 0 unspecified atom stereocenters. The largest absolute Gasteiger partial charge is 0.395 e. The van der Waals surface area contributed by atoms with E-state index in [0.29, 0.717) is 0 Å². The van der Waals surface area contributed by atoms with Gasteiger partial charge in [-0.15, -0.1) is 0 Å². The lowest BCUT2D eigenvalue weighted by atomic mass is 9.86. The van der Waals surface area contributed by atoms with Gasteiger partial charge in [0.25, 0.3) is 0 Å². The van der Waals surface area contributed by atoms with Gasteiger partial charge in [0.1, 0.15) is 0 Å². The minimum atomic E-state index is -0.205. The molecule has 0 fully saturated rings. The second-order valence-corrected chi connectivity index (χ2v) is 5.61. The van der Waals surface area contributed by atoms with Crippen LogP contribution in [-0.4, -0.2) is 21.5 Å². The molecule has 1 aromatic heterocycles. The molecule has 0 saturated carbocycles. The maximum atomic E-state index is 9.31. The summed E-state index contributed by atoms with van der Waals surface area (Å²) in [5.41, 5.74) is 1.92. The fourth-order valence-corrected chi connectivity index (χ4v) is 1.88. The highest BCUT2D eigenvalue weighted by atomic mass is 79.9. The van der Waals surface area contributed by atoms with Crippen LogP contribution in [0.1, 0.15) is 19.4 Å². The Labute approximate surface area is 109 Å². The number of aromatic nitrogens is 2. The molecule has 0 radical (unpaired) electrons. The molecule has 0 aliphatic heterocycles. The normalized spacial score (nSPS) is 11.8. The van der Waals surface area contributed by atoms with Crippen LogP contribution in [0.15, 0.2) is 41.1 Å². The third-order valence-electron chi connectivity index (χ3n) is 2.86. The molecule has 0 aliphatic carbocycles. The molecule has 0 aliphatic rings. The molecular formula is C13H15BrN2O. The van der Waals surface area contributed by atoms with Crippen molar-refractivity contribution in [3.63, 3.8) is 0 Å². The van der Waals surface area contributed by atoms with Crippen molar-refractivity contribution < 1.29 is 5.11 Å². The monoisotopic (exact) mass is 294 g/mol. The fraction of sp³-hybridized carbons (Fsp3) is 0.308. The summed E-state index contributed by atoms with van der Waals surface area (Å²) < 4.78 is 2.76. The van der Waals surface area contributed by atoms with E-state index in [0.717, 1.165) is 15.7 Å². The lowest BCUT2D eigenvalue weighted by Crippen LogP contribution is -2.21. The van der Waals surface area contributed by atoms with Gasteiger partial charge < -0.3 is 5.11 Å². The predicted molar refractivity (Wildman–Crippen MR) is 71.4 cm³/mol. The minimum absolute atomic E-state index is 0.139. The first kappa shape index (κ1) is 12.3. The number of hydrogen-bond donors (Lipinski definition) is 1. The molecule has 1 aromatic carbocycles. The molecule has 3 nitrogen and oxygen atoms in total.